The fourth-order valence-corrected chi connectivity index (χ4v) is 6.99. The first-order chi connectivity index (χ1) is 21.8. The van der Waals surface area contributed by atoms with Gasteiger partial charge in [-0.05, 0) is 70.8 Å². The van der Waals surface area contributed by atoms with E-state index in [2.05, 4.69) is 5.32 Å². The van der Waals surface area contributed by atoms with Crippen molar-refractivity contribution in [3.8, 4) is 23.0 Å². The zero-order valence-corrected chi connectivity index (χ0v) is 27.4. The van der Waals surface area contributed by atoms with Gasteiger partial charge in [0.05, 0.1) is 23.3 Å². The van der Waals surface area contributed by atoms with E-state index in [0.29, 0.717) is 56.3 Å². The summed E-state index contributed by atoms with van der Waals surface area (Å²) in [5, 5.41) is 23.9. The number of aliphatic hydroxyl groups excluding tert-OH is 2. The van der Waals surface area contributed by atoms with E-state index in [-0.39, 0.29) is 38.8 Å². The zero-order valence-electron chi connectivity index (χ0n) is 25.2. The first-order valence-electron chi connectivity index (χ1n) is 15.3. The Morgan fingerprint density at radius 2 is 1.93 bits per heavy atom. The third-order valence-electron chi connectivity index (χ3n) is 8.61. The second kappa shape index (κ2) is 15.3. The Kier molecular flexibility index (Phi) is 11.2. The molecule has 0 saturated heterocycles. The zero-order chi connectivity index (χ0) is 31.9. The van der Waals surface area contributed by atoms with Gasteiger partial charge in [0.2, 0.25) is 18.6 Å². The number of carbonyl (C=O) groups excluding carboxylic acids is 3. The van der Waals surface area contributed by atoms with Crippen LogP contribution in [0.5, 0.6) is 23.0 Å². The number of methoxy groups -OCH3 is 1. The first kappa shape index (κ1) is 33.0. The molecule has 0 aromatic heterocycles. The number of benzene rings is 2. The Labute approximate surface area is 276 Å². The fourth-order valence-electron chi connectivity index (χ4n) is 6.23. The van der Waals surface area contributed by atoms with Crippen molar-refractivity contribution in [1.29, 1.82) is 0 Å². The summed E-state index contributed by atoms with van der Waals surface area (Å²) in [5.41, 5.74) is 1.51. The maximum Gasteiger partial charge on any atom is 0.247 e. The van der Waals surface area contributed by atoms with Gasteiger partial charge in [-0.3, -0.25) is 14.4 Å². The molecule has 2 aromatic carbocycles. The van der Waals surface area contributed by atoms with Crippen LogP contribution < -0.4 is 24.3 Å². The fraction of sp³-hybridized carbons (Fsp3) is 0.485. The molecule has 3 atom stereocenters. The topological polar surface area (TPSA) is 144 Å². The van der Waals surface area contributed by atoms with Crippen molar-refractivity contribution in [3.63, 3.8) is 0 Å². The van der Waals surface area contributed by atoms with Crippen molar-refractivity contribution < 1.29 is 43.5 Å². The summed E-state index contributed by atoms with van der Waals surface area (Å²) in [6.45, 7) is 0.111. The van der Waals surface area contributed by atoms with Crippen LogP contribution in [-0.4, -0.2) is 78.5 Å². The van der Waals surface area contributed by atoms with E-state index in [4.69, 9.17) is 18.9 Å². The van der Waals surface area contributed by atoms with Gasteiger partial charge in [0.25, 0.3) is 0 Å². The van der Waals surface area contributed by atoms with Crippen LogP contribution in [0.25, 0.3) is 0 Å². The molecule has 0 radical (unpaired) electrons. The number of rotatable bonds is 13. The van der Waals surface area contributed by atoms with Crippen LogP contribution in [-0.2, 0) is 16.1 Å². The van der Waals surface area contributed by atoms with Crippen LogP contribution >= 0.6 is 22.6 Å². The Balaban J connectivity index is 1.48. The van der Waals surface area contributed by atoms with Gasteiger partial charge in [0.1, 0.15) is 18.5 Å². The number of nitrogens with zero attached hydrogens (tertiary/aromatic N) is 1. The number of nitrogens with one attached hydrogen (secondary N) is 1. The molecule has 1 saturated carbocycles. The van der Waals surface area contributed by atoms with E-state index < -0.39 is 24.2 Å². The van der Waals surface area contributed by atoms with Crippen LogP contribution in [0.1, 0.15) is 60.9 Å². The lowest BCUT2D eigenvalue weighted by atomic mass is 9.87. The summed E-state index contributed by atoms with van der Waals surface area (Å²) in [4.78, 5) is 40.4. The van der Waals surface area contributed by atoms with Gasteiger partial charge in [0.15, 0.2) is 23.0 Å². The standard InChI is InChI=1S/C33H39IN2O9/c1-42-29-14-22(18-38)12-24(34)32(29)45-28-16-23(33(41)35-10-11-37)15-25(31(28)40)36(30(39)9-7-20-4-2-3-5-20)17-21-6-8-26-27(13-21)44-19-43-26/h6,8,12-14,16,18,20,25,28,31,37,40H,2-5,7,9-11,15,17,19H2,1H3,(H,35,41)/t25-,28+,31+/m1/s1. The second-order valence-electron chi connectivity index (χ2n) is 11.6. The normalized spacial score (nSPS) is 20.8. The molecule has 1 fully saturated rings. The molecule has 2 aromatic rings. The van der Waals surface area contributed by atoms with Gasteiger partial charge in [-0.1, -0.05) is 31.7 Å². The highest BCUT2D eigenvalue weighted by Gasteiger charge is 2.41. The molecule has 0 bridgehead atoms. The highest BCUT2D eigenvalue weighted by molar-refractivity contribution is 14.1. The third kappa shape index (κ3) is 7.90. The van der Waals surface area contributed by atoms with Crippen molar-refractivity contribution in [1.82, 2.24) is 10.2 Å². The van der Waals surface area contributed by atoms with Gasteiger partial charge in [-0.2, -0.15) is 0 Å². The molecule has 11 nitrogen and oxygen atoms in total. The number of fused-ring (bicyclic) bond motifs is 1. The smallest absolute Gasteiger partial charge is 0.247 e. The molecule has 1 heterocycles. The average Bonchev–Trinajstić information content (AvgIpc) is 3.75. The maximum absolute atomic E-state index is 14.0. The summed E-state index contributed by atoms with van der Waals surface area (Å²) < 4.78 is 23.4. The Bertz CT molecular complexity index is 1430. The van der Waals surface area contributed by atoms with E-state index in [9.17, 15) is 24.6 Å². The quantitative estimate of drug-likeness (QED) is 0.207. The van der Waals surface area contributed by atoms with Gasteiger partial charge in [-0.15, -0.1) is 0 Å². The molecular weight excluding hydrogens is 695 g/mol. The Morgan fingerprint density at radius 3 is 2.67 bits per heavy atom. The second-order valence-corrected chi connectivity index (χ2v) is 12.7. The number of halogens is 1. The molecule has 1 aliphatic heterocycles. The van der Waals surface area contributed by atoms with Crippen LogP contribution in [0.3, 0.4) is 0 Å². The molecule has 2 aliphatic carbocycles. The van der Waals surface area contributed by atoms with Crippen molar-refractivity contribution in [2.45, 2.75) is 69.7 Å². The number of amides is 2. The molecule has 12 heteroatoms. The van der Waals surface area contributed by atoms with Crippen molar-refractivity contribution >= 4 is 40.7 Å². The molecule has 3 aliphatic rings. The third-order valence-corrected chi connectivity index (χ3v) is 9.41. The molecule has 242 valence electrons. The molecule has 0 spiro atoms. The lowest BCUT2D eigenvalue weighted by molar-refractivity contribution is -0.139. The summed E-state index contributed by atoms with van der Waals surface area (Å²) in [6, 6.07) is 7.85. The van der Waals surface area contributed by atoms with Crippen LogP contribution in [0, 0.1) is 9.49 Å². The van der Waals surface area contributed by atoms with Gasteiger partial charge >= 0.3 is 0 Å². The van der Waals surface area contributed by atoms with Crippen molar-refractivity contribution in [2.75, 3.05) is 27.1 Å². The molecule has 45 heavy (non-hydrogen) atoms. The highest BCUT2D eigenvalue weighted by atomic mass is 127. The summed E-state index contributed by atoms with van der Waals surface area (Å²) in [5.74, 6) is 1.75. The minimum Gasteiger partial charge on any atom is -0.493 e. The van der Waals surface area contributed by atoms with Crippen molar-refractivity contribution in [2.24, 2.45) is 5.92 Å². The predicted octanol–water partition coefficient (Wildman–Crippen LogP) is 3.76. The minimum absolute atomic E-state index is 0.0506. The number of hydrogen-bond donors (Lipinski definition) is 3. The molecular formula is C33H39IN2O9. The lowest BCUT2D eigenvalue weighted by Gasteiger charge is -2.41. The summed E-state index contributed by atoms with van der Waals surface area (Å²) in [6.07, 6.45) is 5.73. The van der Waals surface area contributed by atoms with Gasteiger partial charge < -0.3 is 39.4 Å². The number of aliphatic hydroxyl groups is 2. The van der Waals surface area contributed by atoms with E-state index >= 15 is 0 Å². The molecule has 2 amide bonds. The van der Waals surface area contributed by atoms with Crippen LogP contribution in [0.15, 0.2) is 42.0 Å². The van der Waals surface area contributed by atoms with E-state index in [0.717, 1.165) is 24.8 Å². The van der Waals surface area contributed by atoms with Crippen LogP contribution in [0.2, 0.25) is 0 Å². The highest BCUT2D eigenvalue weighted by Crippen LogP contribution is 2.38. The SMILES string of the molecule is COc1cc(C=O)cc(I)c1O[C@H]1C=C(C(=O)NCCO)C[C@@H](N(Cc2ccc3c(c2)OCO3)C(=O)CCC2CCCC2)[C@@H]1O. The Morgan fingerprint density at radius 1 is 1.16 bits per heavy atom. The van der Waals surface area contributed by atoms with E-state index in [1.54, 1.807) is 23.1 Å². The van der Waals surface area contributed by atoms with E-state index in [1.165, 1.54) is 26.0 Å². The molecule has 3 N–H and O–H groups in total. The van der Waals surface area contributed by atoms with Gasteiger partial charge in [-0.25, -0.2) is 0 Å². The number of aldehydes is 1. The average molecular weight is 735 g/mol. The van der Waals surface area contributed by atoms with Crippen LogP contribution in [0.4, 0.5) is 0 Å². The summed E-state index contributed by atoms with van der Waals surface area (Å²) >= 11 is 2.03. The van der Waals surface area contributed by atoms with E-state index in [1.807, 2.05) is 34.7 Å². The number of carbonyl (C=O) groups is 3. The molecule has 0 unspecified atom stereocenters. The Hall–Kier alpha value is -3.36. The predicted molar refractivity (Wildman–Crippen MR) is 172 cm³/mol. The minimum atomic E-state index is -1.21. The monoisotopic (exact) mass is 734 g/mol. The maximum atomic E-state index is 14.0. The van der Waals surface area contributed by atoms with Crippen molar-refractivity contribution in [3.05, 3.63) is 56.7 Å². The number of ether oxygens (including phenoxy) is 4. The molecule has 5 rings (SSSR count). The number of hydrogen-bond acceptors (Lipinski definition) is 9. The summed E-state index contributed by atoms with van der Waals surface area (Å²) in [7, 11) is 1.45. The largest absolute Gasteiger partial charge is 0.493 e. The van der Waals surface area contributed by atoms with Gasteiger partial charge in [0, 0.05) is 37.1 Å². The lowest BCUT2D eigenvalue weighted by Crippen LogP contribution is -2.54. The first-order valence-corrected chi connectivity index (χ1v) is 16.3.